The summed E-state index contributed by atoms with van der Waals surface area (Å²) in [6.45, 7) is 5.08. The molecule has 2 aliphatic rings. The smallest absolute Gasteiger partial charge is 0.256 e. The van der Waals surface area contributed by atoms with Crippen LogP contribution in [-0.2, 0) is 6.42 Å². The lowest BCUT2D eigenvalue weighted by Crippen LogP contribution is -2.70. The van der Waals surface area contributed by atoms with E-state index in [0.717, 1.165) is 44.9 Å². The first-order chi connectivity index (χ1) is 17.3. The van der Waals surface area contributed by atoms with E-state index in [-0.39, 0.29) is 17.2 Å². The van der Waals surface area contributed by atoms with E-state index in [9.17, 15) is 9.59 Å². The summed E-state index contributed by atoms with van der Waals surface area (Å²) in [4.78, 5) is 28.2. The van der Waals surface area contributed by atoms with Crippen LogP contribution in [0.1, 0.15) is 104 Å². The fraction of sp³-hybridized carbons (Fsp3) is 0.533. The minimum absolute atomic E-state index is 0.0649. The molecule has 0 spiro atoms. The van der Waals surface area contributed by atoms with Crippen molar-refractivity contribution in [1.82, 2.24) is 4.90 Å². The van der Waals surface area contributed by atoms with E-state index in [2.05, 4.69) is 19.2 Å². The van der Waals surface area contributed by atoms with Crippen LogP contribution in [0.4, 0.5) is 5.69 Å². The first-order valence-electron chi connectivity index (χ1n) is 13.6. The molecule has 2 atom stereocenters. The number of likely N-dealkylation sites (tertiary alicyclic amines) is 1. The number of aryl methyl sites for hydroxylation is 1. The van der Waals surface area contributed by atoms with Crippen LogP contribution >= 0.6 is 11.6 Å². The molecule has 1 saturated heterocycles. The van der Waals surface area contributed by atoms with E-state index in [0.29, 0.717) is 28.4 Å². The molecule has 0 radical (unpaired) electrons. The van der Waals surface area contributed by atoms with Gasteiger partial charge in [-0.15, -0.1) is 0 Å². The number of amides is 2. The Bertz CT molecular complexity index is 1080. The highest BCUT2D eigenvalue weighted by Gasteiger charge is 2.54. The van der Waals surface area contributed by atoms with E-state index < -0.39 is 5.66 Å². The van der Waals surface area contributed by atoms with Crippen LogP contribution in [0, 0.1) is 5.41 Å². The third-order valence-corrected chi connectivity index (χ3v) is 8.72. The van der Waals surface area contributed by atoms with Crippen LogP contribution in [0.3, 0.4) is 0 Å². The molecule has 36 heavy (non-hydrogen) atoms. The number of benzene rings is 2. The summed E-state index contributed by atoms with van der Waals surface area (Å²) in [5.74, 6) is -0.319. The van der Waals surface area contributed by atoms with Gasteiger partial charge < -0.3 is 16.0 Å². The summed E-state index contributed by atoms with van der Waals surface area (Å²) in [6, 6.07) is 12.9. The molecule has 1 saturated carbocycles. The molecule has 4 rings (SSSR count). The summed E-state index contributed by atoms with van der Waals surface area (Å²) in [7, 11) is 0. The third kappa shape index (κ3) is 5.47. The number of nitrogens with two attached hydrogens (primary N) is 1. The largest absolute Gasteiger partial charge is 0.322 e. The van der Waals surface area contributed by atoms with Gasteiger partial charge in [0.05, 0.1) is 16.2 Å². The van der Waals surface area contributed by atoms with Gasteiger partial charge in [-0.2, -0.15) is 0 Å². The number of rotatable bonds is 8. The van der Waals surface area contributed by atoms with Gasteiger partial charge in [0.25, 0.3) is 11.8 Å². The lowest BCUT2D eigenvalue weighted by atomic mass is 9.62. The third-order valence-electron chi connectivity index (χ3n) is 8.41. The topological polar surface area (TPSA) is 75.4 Å². The fourth-order valence-electron chi connectivity index (χ4n) is 6.03. The van der Waals surface area contributed by atoms with Gasteiger partial charge in [-0.25, -0.2) is 0 Å². The fourth-order valence-corrected chi connectivity index (χ4v) is 6.29. The summed E-state index contributed by atoms with van der Waals surface area (Å²) in [5.41, 5.74) is 9.08. The maximum Gasteiger partial charge on any atom is 0.256 e. The number of anilines is 1. The van der Waals surface area contributed by atoms with Gasteiger partial charge in [-0.1, -0.05) is 63.3 Å². The van der Waals surface area contributed by atoms with Crippen molar-refractivity contribution in [3.05, 3.63) is 64.2 Å². The van der Waals surface area contributed by atoms with Crippen LogP contribution < -0.4 is 11.1 Å². The number of hydrogen-bond acceptors (Lipinski definition) is 3. The van der Waals surface area contributed by atoms with Crippen molar-refractivity contribution in [2.24, 2.45) is 11.1 Å². The molecule has 1 aliphatic carbocycles. The SMILES string of the molecule is CCCCCCc1ccc(C(=O)Nc2ccc(C(=O)N3CCCC4(C)CCCC[C@@]34N)c(Cl)c2)cc1. The van der Waals surface area contributed by atoms with Crippen LogP contribution in [0.15, 0.2) is 42.5 Å². The molecule has 1 unspecified atom stereocenters. The normalized spacial score (nSPS) is 23.7. The molecular weight excluding hydrogens is 470 g/mol. The summed E-state index contributed by atoms with van der Waals surface area (Å²) in [6.07, 6.45) is 12.0. The number of hydrogen-bond donors (Lipinski definition) is 2. The molecule has 2 fully saturated rings. The van der Waals surface area contributed by atoms with E-state index >= 15 is 0 Å². The molecule has 1 heterocycles. The van der Waals surface area contributed by atoms with Gasteiger partial charge in [-0.3, -0.25) is 9.59 Å². The van der Waals surface area contributed by atoms with E-state index in [4.69, 9.17) is 17.3 Å². The first kappa shape index (κ1) is 26.7. The van der Waals surface area contributed by atoms with Crippen molar-refractivity contribution in [2.45, 2.75) is 90.1 Å². The predicted molar refractivity (Wildman–Crippen MR) is 147 cm³/mol. The number of nitrogens with one attached hydrogen (secondary N) is 1. The van der Waals surface area contributed by atoms with Crippen LogP contribution in [0.25, 0.3) is 0 Å². The monoisotopic (exact) mass is 509 g/mol. The second kappa shape index (κ2) is 11.4. The molecule has 6 heteroatoms. The zero-order valence-electron chi connectivity index (χ0n) is 21.7. The molecule has 2 aromatic carbocycles. The summed E-state index contributed by atoms with van der Waals surface area (Å²) >= 11 is 6.58. The number of unbranched alkanes of at least 4 members (excludes halogenated alkanes) is 3. The number of carbonyl (C=O) groups excluding carboxylic acids is 2. The van der Waals surface area contributed by atoms with Crippen molar-refractivity contribution in [2.75, 3.05) is 11.9 Å². The zero-order chi connectivity index (χ0) is 25.8. The van der Waals surface area contributed by atoms with Crippen LogP contribution in [-0.4, -0.2) is 28.9 Å². The number of fused-ring (bicyclic) bond motifs is 1. The molecule has 1 aliphatic heterocycles. The highest BCUT2D eigenvalue weighted by molar-refractivity contribution is 6.34. The Balaban J connectivity index is 1.42. The zero-order valence-corrected chi connectivity index (χ0v) is 22.5. The molecule has 0 aromatic heterocycles. The highest BCUT2D eigenvalue weighted by Crippen LogP contribution is 2.50. The Morgan fingerprint density at radius 2 is 1.72 bits per heavy atom. The standard InChI is InChI=1S/C30H40ClN3O2/c1-3-4-5-6-10-22-11-13-23(14-12-22)27(35)33-24-15-16-25(26(31)21-24)28(36)34-20-9-18-29(2)17-7-8-19-30(29,34)32/h11-16,21H,3-10,17-20,32H2,1-2H3,(H,33,35)/t29?,30-/m1/s1. The quantitative estimate of drug-likeness (QED) is 0.370. The second-order valence-corrected chi connectivity index (χ2v) is 11.3. The number of halogens is 1. The Morgan fingerprint density at radius 3 is 2.44 bits per heavy atom. The van der Waals surface area contributed by atoms with Crippen molar-refractivity contribution >= 4 is 29.1 Å². The maximum atomic E-state index is 13.6. The Labute approximate surface area is 220 Å². The van der Waals surface area contributed by atoms with Gasteiger partial charge in [0, 0.05) is 23.2 Å². The van der Waals surface area contributed by atoms with Gasteiger partial charge in [-0.05, 0) is 80.8 Å². The maximum absolute atomic E-state index is 13.6. The van der Waals surface area contributed by atoms with Gasteiger partial charge >= 0.3 is 0 Å². The summed E-state index contributed by atoms with van der Waals surface area (Å²) in [5, 5.41) is 3.24. The van der Waals surface area contributed by atoms with Crippen molar-refractivity contribution in [1.29, 1.82) is 0 Å². The minimum Gasteiger partial charge on any atom is -0.322 e. The van der Waals surface area contributed by atoms with Gasteiger partial charge in [0.1, 0.15) is 0 Å². The minimum atomic E-state index is -0.640. The van der Waals surface area contributed by atoms with Crippen molar-refractivity contribution < 1.29 is 9.59 Å². The highest BCUT2D eigenvalue weighted by atomic mass is 35.5. The molecule has 2 amide bonds. The molecular formula is C30H40ClN3O2. The average Bonchev–Trinajstić information content (AvgIpc) is 2.86. The Morgan fingerprint density at radius 1 is 1.00 bits per heavy atom. The van der Waals surface area contributed by atoms with Gasteiger partial charge in [0.15, 0.2) is 0 Å². The van der Waals surface area contributed by atoms with Gasteiger partial charge in [0.2, 0.25) is 0 Å². The Kier molecular flexibility index (Phi) is 8.41. The summed E-state index contributed by atoms with van der Waals surface area (Å²) < 4.78 is 0. The number of nitrogens with zero attached hydrogens (tertiary/aromatic N) is 1. The molecule has 0 bridgehead atoms. The predicted octanol–water partition coefficient (Wildman–Crippen LogP) is 7.19. The van der Waals surface area contributed by atoms with Crippen LogP contribution in [0.5, 0.6) is 0 Å². The molecule has 2 aromatic rings. The first-order valence-corrected chi connectivity index (χ1v) is 14.0. The lowest BCUT2D eigenvalue weighted by Gasteiger charge is -2.58. The average molecular weight is 510 g/mol. The number of carbonyl (C=O) groups is 2. The second-order valence-electron chi connectivity index (χ2n) is 10.9. The lowest BCUT2D eigenvalue weighted by molar-refractivity contribution is -0.0722. The molecule has 5 nitrogen and oxygen atoms in total. The van der Waals surface area contributed by atoms with E-state index in [1.807, 2.05) is 29.2 Å². The number of piperidine rings is 1. The van der Waals surface area contributed by atoms with E-state index in [1.54, 1.807) is 18.2 Å². The van der Waals surface area contributed by atoms with Crippen molar-refractivity contribution in [3.63, 3.8) is 0 Å². The molecule has 194 valence electrons. The van der Waals surface area contributed by atoms with E-state index in [1.165, 1.54) is 31.2 Å². The van der Waals surface area contributed by atoms with Crippen molar-refractivity contribution in [3.8, 4) is 0 Å². The Hall–Kier alpha value is -2.37. The molecule has 3 N–H and O–H groups in total. The van der Waals surface area contributed by atoms with Crippen LogP contribution in [0.2, 0.25) is 5.02 Å².